The molecule has 0 unspecified atom stereocenters. The summed E-state index contributed by atoms with van der Waals surface area (Å²) in [7, 11) is 0. The highest BCUT2D eigenvalue weighted by Crippen LogP contribution is 2.28. The van der Waals surface area contributed by atoms with Crippen LogP contribution in [0.4, 0.5) is 0 Å². The van der Waals surface area contributed by atoms with Gasteiger partial charge < -0.3 is 4.90 Å². The van der Waals surface area contributed by atoms with E-state index >= 15 is 0 Å². The minimum Gasteiger partial charge on any atom is -0.334 e. The summed E-state index contributed by atoms with van der Waals surface area (Å²) in [5.41, 5.74) is 2.96. The first-order valence-corrected chi connectivity index (χ1v) is 9.90. The molecule has 0 radical (unpaired) electrons. The molecule has 0 aliphatic heterocycles. The number of carbonyl (C=O) groups excluding carboxylic acids is 1. The zero-order chi connectivity index (χ0) is 19.7. The van der Waals surface area contributed by atoms with Crippen molar-refractivity contribution in [1.82, 2.24) is 14.7 Å². The van der Waals surface area contributed by atoms with Gasteiger partial charge in [0.05, 0.1) is 11.1 Å². The van der Waals surface area contributed by atoms with Crippen molar-refractivity contribution in [3.63, 3.8) is 0 Å². The van der Waals surface area contributed by atoms with Crippen molar-refractivity contribution in [3.05, 3.63) is 75.7 Å². The summed E-state index contributed by atoms with van der Waals surface area (Å²) in [5.74, 6) is -0.0497. The van der Waals surface area contributed by atoms with Gasteiger partial charge in [0.25, 0.3) is 5.56 Å². The van der Waals surface area contributed by atoms with E-state index in [-0.39, 0.29) is 24.1 Å². The van der Waals surface area contributed by atoms with E-state index in [1.54, 1.807) is 6.07 Å². The van der Waals surface area contributed by atoms with Crippen LogP contribution in [0.3, 0.4) is 0 Å². The minimum atomic E-state index is -0.211. The molecule has 1 saturated carbocycles. The van der Waals surface area contributed by atoms with E-state index in [4.69, 9.17) is 0 Å². The summed E-state index contributed by atoms with van der Waals surface area (Å²) < 4.78 is 1.32. The number of nitrogens with zero attached hydrogens (tertiary/aromatic N) is 3. The number of fused-ring (bicyclic) bond motifs is 1. The fourth-order valence-corrected chi connectivity index (χ4v) is 3.61. The summed E-state index contributed by atoms with van der Waals surface area (Å²) in [6.07, 6.45) is 3.05. The molecule has 1 aliphatic rings. The third-order valence-corrected chi connectivity index (χ3v) is 5.43. The van der Waals surface area contributed by atoms with E-state index in [9.17, 15) is 9.59 Å². The molecule has 3 aromatic rings. The Hall–Kier alpha value is -2.95. The Labute approximate surface area is 164 Å². The highest BCUT2D eigenvalue weighted by Gasteiger charge is 2.32. The second-order valence-electron chi connectivity index (χ2n) is 7.52. The lowest BCUT2D eigenvalue weighted by molar-refractivity contribution is -0.133. The molecule has 1 fully saturated rings. The van der Waals surface area contributed by atoms with Crippen LogP contribution in [0.2, 0.25) is 0 Å². The van der Waals surface area contributed by atoms with Crippen LogP contribution in [-0.2, 0) is 24.3 Å². The molecule has 4 rings (SSSR count). The smallest absolute Gasteiger partial charge is 0.275 e. The predicted molar refractivity (Wildman–Crippen MR) is 110 cm³/mol. The third-order valence-electron chi connectivity index (χ3n) is 5.43. The van der Waals surface area contributed by atoms with Gasteiger partial charge in [-0.25, -0.2) is 4.68 Å². The van der Waals surface area contributed by atoms with Crippen LogP contribution in [0, 0.1) is 6.92 Å². The molecule has 144 valence electrons. The molecule has 0 saturated heterocycles. The van der Waals surface area contributed by atoms with Crippen LogP contribution in [-0.4, -0.2) is 26.6 Å². The molecule has 28 heavy (non-hydrogen) atoms. The van der Waals surface area contributed by atoms with E-state index in [0.717, 1.165) is 35.9 Å². The fraction of sp³-hybridized carbons (Fsp3) is 0.348. The normalized spacial score (nSPS) is 13.6. The zero-order valence-corrected chi connectivity index (χ0v) is 16.4. The van der Waals surface area contributed by atoms with Crippen molar-refractivity contribution in [3.8, 4) is 0 Å². The topological polar surface area (TPSA) is 55.2 Å². The first kappa shape index (κ1) is 18.4. The van der Waals surface area contributed by atoms with Crippen molar-refractivity contribution < 1.29 is 4.79 Å². The lowest BCUT2D eigenvalue weighted by Crippen LogP contribution is -2.38. The van der Waals surface area contributed by atoms with Gasteiger partial charge in [0.15, 0.2) is 0 Å². The van der Waals surface area contributed by atoms with Gasteiger partial charge in [0, 0.05) is 18.0 Å². The molecule has 1 amide bonds. The number of rotatable bonds is 6. The van der Waals surface area contributed by atoms with Crippen LogP contribution < -0.4 is 5.56 Å². The fourth-order valence-electron chi connectivity index (χ4n) is 3.61. The van der Waals surface area contributed by atoms with Crippen molar-refractivity contribution in [1.29, 1.82) is 0 Å². The highest BCUT2D eigenvalue weighted by molar-refractivity contribution is 5.83. The maximum atomic E-state index is 13.0. The number of aryl methyl sites for hydroxylation is 2. The van der Waals surface area contributed by atoms with Gasteiger partial charge >= 0.3 is 0 Å². The Balaban J connectivity index is 1.58. The lowest BCUT2D eigenvalue weighted by atomic mass is 10.1. The van der Waals surface area contributed by atoms with E-state index < -0.39 is 0 Å². The summed E-state index contributed by atoms with van der Waals surface area (Å²) in [6.45, 7) is 4.56. The van der Waals surface area contributed by atoms with Crippen molar-refractivity contribution in [2.45, 2.75) is 52.2 Å². The Bertz CT molecular complexity index is 1070. The first-order valence-electron chi connectivity index (χ1n) is 9.90. The Kier molecular flexibility index (Phi) is 4.99. The number of hydrogen-bond acceptors (Lipinski definition) is 3. The van der Waals surface area contributed by atoms with Crippen LogP contribution in [0.25, 0.3) is 10.8 Å². The molecule has 1 heterocycles. The summed E-state index contributed by atoms with van der Waals surface area (Å²) >= 11 is 0. The average Bonchev–Trinajstić information content (AvgIpc) is 3.55. The second-order valence-corrected chi connectivity index (χ2v) is 7.52. The monoisotopic (exact) mass is 375 g/mol. The molecule has 5 nitrogen and oxygen atoms in total. The molecule has 1 aliphatic carbocycles. The number of hydrogen-bond donors (Lipinski definition) is 0. The van der Waals surface area contributed by atoms with Crippen LogP contribution in [0.5, 0.6) is 0 Å². The molecule has 0 bridgehead atoms. The first-order chi connectivity index (χ1) is 13.6. The van der Waals surface area contributed by atoms with Crippen LogP contribution in [0.1, 0.15) is 36.6 Å². The van der Waals surface area contributed by atoms with Gasteiger partial charge in [-0.05, 0) is 43.4 Å². The minimum absolute atomic E-state index is 0.0198. The van der Waals surface area contributed by atoms with E-state index in [2.05, 4.69) is 36.3 Å². The van der Waals surface area contributed by atoms with E-state index in [1.807, 2.05) is 30.0 Å². The van der Waals surface area contributed by atoms with E-state index in [1.165, 1.54) is 10.2 Å². The van der Waals surface area contributed by atoms with Gasteiger partial charge in [-0.3, -0.25) is 9.59 Å². The largest absolute Gasteiger partial charge is 0.334 e. The van der Waals surface area contributed by atoms with Gasteiger partial charge in [0.2, 0.25) is 5.91 Å². The number of amides is 1. The number of benzene rings is 2. The molecule has 0 atom stereocenters. The van der Waals surface area contributed by atoms with Crippen molar-refractivity contribution >= 4 is 16.7 Å². The Morgan fingerprint density at radius 3 is 2.36 bits per heavy atom. The molecule has 2 aromatic carbocycles. The summed E-state index contributed by atoms with van der Waals surface area (Å²) in [5, 5.41) is 5.84. The van der Waals surface area contributed by atoms with Crippen LogP contribution in [0.15, 0.2) is 53.3 Å². The second kappa shape index (κ2) is 7.58. The SMILES string of the molecule is CCc1ccc(CN(C(=O)Cn2nc(C)c3ccccc3c2=O)C2CC2)cc1. The summed E-state index contributed by atoms with van der Waals surface area (Å²) in [4.78, 5) is 27.7. The molecule has 1 aromatic heterocycles. The zero-order valence-electron chi connectivity index (χ0n) is 16.4. The van der Waals surface area contributed by atoms with Crippen molar-refractivity contribution in [2.75, 3.05) is 0 Å². The Morgan fingerprint density at radius 2 is 1.71 bits per heavy atom. The van der Waals surface area contributed by atoms with Gasteiger partial charge in [0.1, 0.15) is 6.54 Å². The summed E-state index contributed by atoms with van der Waals surface area (Å²) in [6, 6.07) is 16.1. The van der Waals surface area contributed by atoms with Gasteiger partial charge in [-0.1, -0.05) is 49.4 Å². The predicted octanol–water partition coefficient (Wildman–Crippen LogP) is 3.46. The van der Waals surface area contributed by atoms with E-state index in [0.29, 0.717) is 11.9 Å². The van der Waals surface area contributed by atoms with Gasteiger partial charge in [-0.15, -0.1) is 0 Å². The number of aromatic nitrogens is 2. The number of carbonyl (C=O) groups is 1. The highest BCUT2D eigenvalue weighted by atomic mass is 16.2. The maximum Gasteiger partial charge on any atom is 0.275 e. The maximum absolute atomic E-state index is 13.0. The molecular formula is C23H25N3O2. The third kappa shape index (κ3) is 3.70. The molecule has 5 heteroatoms. The van der Waals surface area contributed by atoms with Gasteiger partial charge in [-0.2, -0.15) is 5.10 Å². The average molecular weight is 375 g/mol. The Morgan fingerprint density at radius 1 is 1.07 bits per heavy atom. The standard InChI is InChI=1S/C23H25N3O2/c1-3-17-8-10-18(11-9-17)14-25(19-12-13-19)22(27)15-26-23(28)21-7-5-4-6-20(21)16(2)24-26/h4-11,19H,3,12-15H2,1-2H3. The van der Waals surface area contributed by atoms with Crippen LogP contribution >= 0.6 is 0 Å². The molecule has 0 N–H and O–H groups in total. The molecule has 0 spiro atoms. The quantitative estimate of drug-likeness (QED) is 0.663. The lowest BCUT2D eigenvalue weighted by Gasteiger charge is -2.23. The van der Waals surface area contributed by atoms with Crippen molar-refractivity contribution in [2.24, 2.45) is 0 Å². The molecular weight excluding hydrogens is 350 g/mol.